The molecule has 1 amide bonds. The second-order valence-electron chi connectivity index (χ2n) is 5.96. The summed E-state index contributed by atoms with van der Waals surface area (Å²) in [6.07, 6.45) is 3.88. The van der Waals surface area contributed by atoms with Gasteiger partial charge >= 0.3 is 0 Å². The minimum absolute atomic E-state index is 0.284. The molecule has 2 heterocycles. The van der Waals surface area contributed by atoms with Gasteiger partial charge in [-0.25, -0.2) is 0 Å². The van der Waals surface area contributed by atoms with Crippen molar-refractivity contribution in [3.63, 3.8) is 0 Å². The number of nitrogens with zero attached hydrogens (tertiary/aromatic N) is 2. The smallest absolute Gasteiger partial charge is 0.286 e. The van der Waals surface area contributed by atoms with Gasteiger partial charge in [-0.05, 0) is 48.2 Å². The summed E-state index contributed by atoms with van der Waals surface area (Å²) in [6, 6.07) is 15.9. The monoisotopic (exact) mass is 441 g/mol. The van der Waals surface area contributed by atoms with Crippen LogP contribution in [0.4, 0.5) is 0 Å². The molecule has 0 spiro atoms. The molecule has 2 N–H and O–H groups in total. The molecule has 5 nitrogen and oxygen atoms in total. The van der Waals surface area contributed by atoms with Crippen LogP contribution in [0, 0.1) is 0 Å². The summed E-state index contributed by atoms with van der Waals surface area (Å²) >= 11 is 4.62. The van der Waals surface area contributed by atoms with E-state index in [-0.39, 0.29) is 11.1 Å². The summed E-state index contributed by atoms with van der Waals surface area (Å²) in [6.45, 7) is 1.24. The highest BCUT2D eigenvalue weighted by molar-refractivity contribution is 9.10. The Morgan fingerprint density at radius 3 is 2.70 bits per heavy atom. The molecule has 0 fully saturated rings. The van der Waals surface area contributed by atoms with Gasteiger partial charge < -0.3 is 15.0 Å². The average Bonchev–Trinajstić information content (AvgIpc) is 3.17. The summed E-state index contributed by atoms with van der Waals surface area (Å²) in [4.78, 5) is 16.2. The van der Waals surface area contributed by atoms with E-state index >= 15 is 0 Å². The van der Waals surface area contributed by atoms with Crippen LogP contribution in [-0.2, 0) is 11.3 Å². The number of thioether (sulfide) groups is 1. The van der Waals surface area contributed by atoms with Crippen molar-refractivity contribution in [2.75, 3.05) is 6.61 Å². The molecule has 0 aliphatic carbocycles. The van der Waals surface area contributed by atoms with Gasteiger partial charge in [0.1, 0.15) is 12.4 Å². The molecule has 27 heavy (non-hydrogen) atoms. The molecular formula is C20H16BrN3O2S. The largest absolute Gasteiger partial charge is 0.492 e. The maximum absolute atomic E-state index is 11.9. The number of benzene rings is 2. The van der Waals surface area contributed by atoms with E-state index in [1.807, 2.05) is 54.7 Å². The van der Waals surface area contributed by atoms with Crippen LogP contribution in [0.1, 0.15) is 5.56 Å². The van der Waals surface area contributed by atoms with Crippen molar-refractivity contribution in [3.05, 3.63) is 69.7 Å². The van der Waals surface area contributed by atoms with Gasteiger partial charge in [0.15, 0.2) is 5.17 Å². The van der Waals surface area contributed by atoms with Gasteiger partial charge in [0, 0.05) is 27.1 Å². The summed E-state index contributed by atoms with van der Waals surface area (Å²) in [5.41, 5.74) is 7.70. The first-order valence-electron chi connectivity index (χ1n) is 8.34. The van der Waals surface area contributed by atoms with Crippen LogP contribution in [0.15, 0.2) is 69.1 Å². The quantitative estimate of drug-likeness (QED) is 0.595. The van der Waals surface area contributed by atoms with Crippen molar-refractivity contribution < 1.29 is 9.53 Å². The number of amides is 1. The number of hydrogen-bond acceptors (Lipinski definition) is 4. The minimum atomic E-state index is -0.284. The summed E-state index contributed by atoms with van der Waals surface area (Å²) < 4.78 is 8.99. The van der Waals surface area contributed by atoms with Crippen molar-refractivity contribution in [1.82, 2.24) is 4.57 Å². The lowest BCUT2D eigenvalue weighted by Gasteiger charge is -2.08. The van der Waals surface area contributed by atoms with E-state index in [9.17, 15) is 4.79 Å². The lowest BCUT2D eigenvalue weighted by atomic mass is 10.1. The Hall–Kier alpha value is -2.51. The van der Waals surface area contributed by atoms with Crippen molar-refractivity contribution >= 4 is 55.7 Å². The summed E-state index contributed by atoms with van der Waals surface area (Å²) in [5.74, 6) is 0.547. The van der Waals surface area contributed by atoms with Crippen LogP contribution in [0.5, 0.6) is 5.75 Å². The summed E-state index contributed by atoms with van der Waals surface area (Å²) in [7, 11) is 0. The predicted octanol–water partition coefficient (Wildman–Crippen LogP) is 4.41. The number of amidine groups is 1. The Labute approximate surface area is 169 Å². The molecule has 4 rings (SSSR count). The molecule has 3 aromatic rings. The molecule has 1 aliphatic rings. The molecule has 7 heteroatoms. The highest BCUT2D eigenvalue weighted by Crippen LogP contribution is 2.30. The van der Waals surface area contributed by atoms with Crippen molar-refractivity contribution in [1.29, 1.82) is 0 Å². The average molecular weight is 442 g/mol. The Morgan fingerprint density at radius 1 is 1.19 bits per heavy atom. The number of carbonyl (C=O) groups is 1. The van der Waals surface area contributed by atoms with Crippen LogP contribution in [0.3, 0.4) is 0 Å². The maximum Gasteiger partial charge on any atom is 0.286 e. The first kappa shape index (κ1) is 17.9. The molecule has 1 aromatic heterocycles. The second kappa shape index (κ2) is 7.62. The molecule has 1 aliphatic heterocycles. The fourth-order valence-corrected chi connectivity index (χ4v) is 3.87. The van der Waals surface area contributed by atoms with E-state index in [1.165, 1.54) is 11.8 Å². The van der Waals surface area contributed by atoms with Gasteiger partial charge in [-0.3, -0.25) is 4.79 Å². The topological polar surface area (TPSA) is 69.6 Å². The Kier molecular flexibility index (Phi) is 5.05. The van der Waals surface area contributed by atoms with E-state index in [2.05, 4.69) is 31.6 Å². The SMILES string of the molecule is NC1=NC(=O)C(=Cc2cn(CCOc3ccc(Br)cc3)c3ccccc23)S1. The van der Waals surface area contributed by atoms with Crippen LogP contribution >= 0.6 is 27.7 Å². The van der Waals surface area contributed by atoms with Crippen LogP contribution in [0.2, 0.25) is 0 Å². The number of carbonyl (C=O) groups excluding carboxylic acids is 1. The zero-order valence-electron chi connectivity index (χ0n) is 14.3. The standard InChI is InChI=1S/C20H16BrN3O2S/c21-14-5-7-15(8-6-14)26-10-9-24-12-13(16-3-1-2-4-17(16)24)11-18-19(25)23-20(22)27-18/h1-8,11-12H,9-10H2,(H2,22,23,25). The van der Waals surface area contributed by atoms with Crippen LogP contribution in [-0.4, -0.2) is 22.2 Å². The van der Waals surface area contributed by atoms with Crippen molar-refractivity contribution in [2.45, 2.75) is 6.54 Å². The number of nitrogens with two attached hydrogens (primary N) is 1. The lowest BCUT2D eigenvalue weighted by molar-refractivity contribution is -0.113. The normalized spacial score (nSPS) is 15.5. The minimum Gasteiger partial charge on any atom is -0.492 e. The molecule has 136 valence electrons. The van der Waals surface area contributed by atoms with Crippen LogP contribution < -0.4 is 10.5 Å². The van der Waals surface area contributed by atoms with Gasteiger partial charge in [-0.1, -0.05) is 34.1 Å². The lowest BCUT2D eigenvalue weighted by Crippen LogP contribution is -2.07. The van der Waals surface area contributed by atoms with Gasteiger partial charge in [0.2, 0.25) is 0 Å². The van der Waals surface area contributed by atoms with Gasteiger partial charge in [0.25, 0.3) is 5.91 Å². The van der Waals surface area contributed by atoms with E-state index in [0.29, 0.717) is 18.1 Å². The number of fused-ring (bicyclic) bond motifs is 1. The second-order valence-corrected chi connectivity index (χ2v) is 7.94. The number of para-hydroxylation sites is 1. The molecule has 0 saturated heterocycles. The number of ether oxygens (including phenoxy) is 1. The van der Waals surface area contributed by atoms with Gasteiger partial charge in [-0.15, -0.1) is 0 Å². The zero-order valence-corrected chi connectivity index (χ0v) is 16.7. The maximum atomic E-state index is 11.9. The van der Waals surface area contributed by atoms with E-state index in [4.69, 9.17) is 10.5 Å². The zero-order chi connectivity index (χ0) is 18.8. The Bertz CT molecular complexity index is 1070. The highest BCUT2D eigenvalue weighted by Gasteiger charge is 2.20. The van der Waals surface area contributed by atoms with Gasteiger partial charge in [0.05, 0.1) is 11.4 Å². The number of hydrogen-bond donors (Lipinski definition) is 1. The van der Waals surface area contributed by atoms with E-state index in [0.717, 1.165) is 26.7 Å². The third-order valence-electron chi connectivity index (χ3n) is 4.16. The number of aliphatic imine (C=N–C) groups is 1. The van der Waals surface area contributed by atoms with Crippen molar-refractivity contribution in [2.24, 2.45) is 10.7 Å². The molecule has 0 atom stereocenters. The third-order valence-corrected chi connectivity index (χ3v) is 5.50. The van der Waals surface area contributed by atoms with Gasteiger partial charge in [-0.2, -0.15) is 4.99 Å². The molecule has 0 bridgehead atoms. The van der Waals surface area contributed by atoms with E-state index < -0.39 is 0 Å². The highest BCUT2D eigenvalue weighted by atomic mass is 79.9. The summed E-state index contributed by atoms with van der Waals surface area (Å²) in [5, 5.41) is 1.37. The molecule has 0 saturated carbocycles. The van der Waals surface area contributed by atoms with Crippen molar-refractivity contribution in [3.8, 4) is 5.75 Å². The first-order valence-corrected chi connectivity index (χ1v) is 9.95. The molecule has 0 radical (unpaired) electrons. The van der Waals surface area contributed by atoms with E-state index in [1.54, 1.807) is 0 Å². The predicted molar refractivity (Wildman–Crippen MR) is 114 cm³/mol. The molecule has 0 unspecified atom stereocenters. The number of halogens is 1. The third kappa shape index (κ3) is 3.94. The molecule has 2 aromatic carbocycles. The first-order chi connectivity index (χ1) is 13.1. The fourth-order valence-electron chi connectivity index (χ4n) is 2.93. The Morgan fingerprint density at radius 2 is 1.96 bits per heavy atom. The number of aromatic nitrogens is 1. The molecular weight excluding hydrogens is 426 g/mol. The Balaban J connectivity index is 1.56. The fraction of sp³-hybridized carbons (Fsp3) is 0.100. The van der Waals surface area contributed by atoms with Crippen LogP contribution in [0.25, 0.3) is 17.0 Å². The number of rotatable bonds is 5.